The number of rotatable bonds is 5. The summed E-state index contributed by atoms with van der Waals surface area (Å²) < 4.78 is 0. The predicted molar refractivity (Wildman–Crippen MR) is 88.7 cm³/mol. The van der Waals surface area contributed by atoms with Gasteiger partial charge in [0, 0.05) is 29.6 Å². The molecule has 3 heteroatoms. The summed E-state index contributed by atoms with van der Waals surface area (Å²) in [5.74, 6) is -0.0406. The van der Waals surface area contributed by atoms with Crippen molar-refractivity contribution in [2.24, 2.45) is 0 Å². The van der Waals surface area contributed by atoms with Crippen LogP contribution in [0.4, 0.5) is 0 Å². The van der Waals surface area contributed by atoms with Crippen LogP contribution in [0.2, 0.25) is 0 Å². The molecular weight excluding hydrogens is 272 g/mol. The van der Waals surface area contributed by atoms with Crippen molar-refractivity contribution in [1.29, 1.82) is 0 Å². The first kappa shape index (κ1) is 14.1. The van der Waals surface area contributed by atoms with Gasteiger partial charge in [0.05, 0.1) is 0 Å². The molecule has 2 aromatic carbocycles. The minimum Gasteiger partial charge on any atom is -0.361 e. The van der Waals surface area contributed by atoms with E-state index in [0.29, 0.717) is 12.1 Å². The molecule has 0 unspecified atom stereocenters. The van der Waals surface area contributed by atoms with Crippen molar-refractivity contribution in [2.45, 2.75) is 6.42 Å². The molecule has 3 rings (SSSR count). The highest BCUT2D eigenvalue weighted by atomic mass is 16.1. The quantitative estimate of drug-likeness (QED) is 0.740. The van der Waals surface area contributed by atoms with Gasteiger partial charge in [0.2, 0.25) is 0 Å². The van der Waals surface area contributed by atoms with Crippen LogP contribution in [0.3, 0.4) is 0 Å². The van der Waals surface area contributed by atoms with Crippen molar-refractivity contribution in [3.05, 3.63) is 84.1 Å². The Hall–Kier alpha value is -2.81. The van der Waals surface area contributed by atoms with E-state index >= 15 is 0 Å². The van der Waals surface area contributed by atoms with Crippen LogP contribution in [0.15, 0.2) is 72.9 Å². The van der Waals surface area contributed by atoms with Crippen molar-refractivity contribution in [1.82, 2.24) is 10.3 Å². The average Bonchev–Trinajstić information content (AvgIpc) is 3.10. The Kier molecular flexibility index (Phi) is 4.35. The smallest absolute Gasteiger partial charge is 0.251 e. The number of H-pyrrole nitrogens is 1. The molecule has 0 saturated carbocycles. The van der Waals surface area contributed by atoms with E-state index < -0.39 is 0 Å². The van der Waals surface area contributed by atoms with E-state index in [9.17, 15) is 4.79 Å². The molecule has 0 atom stereocenters. The molecule has 0 spiro atoms. The lowest BCUT2D eigenvalue weighted by Gasteiger charge is -2.09. The van der Waals surface area contributed by atoms with E-state index in [1.54, 1.807) is 0 Å². The van der Waals surface area contributed by atoms with Gasteiger partial charge in [0.1, 0.15) is 0 Å². The normalized spacial score (nSPS) is 10.4. The largest absolute Gasteiger partial charge is 0.361 e. The number of carbonyl (C=O) groups excluding carboxylic acids is 1. The fraction of sp³-hybridized carbons (Fsp3) is 0.105. The molecule has 0 aliphatic carbocycles. The molecule has 1 heterocycles. The molecule has 0 aliphatic heterocycles. The van der Waals surface area contributed by atoms with E-state index in [2.05, 4.69) is 22.4 Å². The summed E-state index contributed by atoms with van der Waals surface area (Å²) in [4.78, 5) is 15.6. The Balaban J connectivity index is 1.68. The molecule has 0 bridgehead atoms. The molecule has 0 saturated heterocycles. The van der Waals surface area contributed by atoms with Gasteiger partial charge in [-0.3, -0.25) is 4.79 Å². The second-order valence-corrected chi connectivity index (χ2v) is 5.12. The maximum atomic E-state index is 12.4. The Bertz CT molecular complexity index is 733. The summed E-state index contributed by atoms with van der Waals surface area (Å²) >= 11 is 0. The van der Waals surface area contributed by atoms with Gasteiger partial charge in [0.15, 0.2) is 0 Å². The molecular formula is C19H18N2O. The highest BCUT2D eigenvalue weighted by molar-refractivity contribution is 6.00. The molecule has 1 aromatic heterocycles. The summed E-state index contributed by atoms with van der Waals surface area (Å²) in [6.07, 6.45) is 2.69. The molecule has 110 valence electrons. The number of hydrogen-bond acceptors (Lipinski definition) is 1. The lowest BCUT2D eigenvalue weighted by molar-refractivity contribution is 0.0955. The zero-order valence-electron chi connectivity index (χ0n) is 12.3. The average molecular weight is 290 g/mol. The summed E-state index contributed by atoms with van der Waals surface area (Å²) in [6, 6.07) is 21.7. The topological polar surface area (TPSA) is 44.9 Å². The van der Waals surface area contributed by atoms with Gasteiger partial charge < -0.3 is 10.3 Å². The molecule has 0 radical (unpaired) electrons. The number of carbonyl (C=O) groups is 1. The summed E-state index contributed by atoms with van der Waals surface area (Å²) in [7, 11) is 0. The maximum Gasteiger partial charge on any atom is 0.251 e. The molecule has 0 fully saturated rings. The number of aromatic amines is 1. The fourth-order valence-electron chi connectivity index (χ4n) is 2.47. The Morgan fingerprint density at radius 1 is 0.909 bits per heavy atom. The second-order valence-electron chi connectivity index (χ2n) is 5.12. The zero-order chi connectivity index (χ0) is 15.2. The van der Waals surface area contributed by atoms with Gasteiger partial charge in [-0.05, 0) is 30.2 Å². The van der Waals surface area contributed by atoms with Crippen molar-refractivity contribution in [3.63, 3.8) is 0 Å². The van der Waals surface area contributed by atoms with Gasteiger partial charge in [-0.15, -0.1) is 0 Å². The third-order valence-corrected chi connectivity index (χ3v) is 3.60. The van der Waals surface area contributed by atoms with Crippen molar-refractivity contribution < 1.29 is 4.79 Å². The SMILES string of the molecule is O=C(NCCc1ccccc1)c1ccccc1-c1ccc[nH]1. The highest BCUT2D eigenvalue weighted by Gasteiger charge is 2.12. The van der Waals surface area contributed by atoms with Gasteiger partial charge in [-0.2, -0.15) is 0 Å². The van der Waals surface area contributed by atoms with E-state index in [-0.39, 0.29) is 5.91 Å². The van der Waals surface area contributed by atoms with E-state index in [1.807, 2.05) is 60.8 Å². The number of nitrogens with one attached hydrogen (secondary N) is 2. The molecule has 22 heavy (non-hydrogen) atoms. The second kappa shape index (κ2) is 6.76. The number of aromatic nitrogens is 1. The summed E-state index contributed by atoms with van der Waals surface area (Å²) in [5, 5.41) is 3.00. The van der Waals surface area contributed by atoms with Crippen LogP contribution >= 0.6 is 0 Å². The van der Waals surface area contributed by atoms with E-state index in [1.165, 1.54) is 5.56 Å². The maximum absolute atomic E-state index is 12.4. The zero-order valence-corrected chi connectivity index (χ0v) is 12.3. The van der Waals surface area contributed by atoms with Crippen LogP contribution in [0, 0.1) is 0 Å². The lowest BCUT2D eigenvalue weighted by Crippen LogP contribution is -2.26. The molecule has 1 amide bonds. The van der Waals surface area contributed by atoms with Gasteiger partial charge >= 0.3 is 0 Å². The van der Waals surface area contributed by atoms with E-state index in [0.717, 1.165) is 17.7 Å². The molecule has 0 aliphatic rings. The first-order valence-corrected chi connectivity index (χ1v) is 7.39. The van der Waals surface area contributed by atoms with Crippen molar-refractivity contribution in [2.75, 3.05) is 6.54 Å². The minimum absolute atomic E-state index is 0.0406. The monoisotopic (exact) mass is 290 g/mol. The van der Waals surface area contributed by atoms with Crippen LogP contribution < -0.4 is 5.32 Å². The third-order valence-electron chi connectivity index (χ3n) is 3.60. The number of amides is 1. The van der Waals surface area contributed by atoms with Gasteiger partial charge in [-0.1, -0.05) is 48.5 Å². The Morgan fingerprint density at radius 2 is 1.68 bits per heavy atom. The third kappa shape index (κ3) is 3.26. The van der Waals surface area contributed by atoms with Crippen LogP contribution in [-0.4, -0.2) is 17.4 Å². The summed E-state index contributed by atoms with van der Waals surface area (Å²) in [5.41, 5.74) is 3.79. The highest BCUT2D eigenvalue weighted by Crippen LogP contribution is 2.21. The van der Waals surface area contributed by atoms with Gasteiger partial charge in [0.25, 0.3) is 5.91 Å². The van der Waals surface area contributed by atoms with Crippen LogP contribution in [0.25, 0.3) is 11.3 Å². The Morgan fingerprint density at radius 3 is 2.45 bits per heavy atom. The molecule has 3 aromatic rings. The predicted octanol–water partition coefficient (Wildman–Crippen LogP) is 3.65. The van der Waals surface area contributed by atoms with Crippen molar-refractivity contribution in [3.8, 4) is 11.3 Å². The first-order valence-electron chi connectivity index (χ1n) is 7.39. The van der Waals surface area contributed by atoms with Crippen LogP contribution in [0.1, 0.15) is 15.9 Å². The minimum atomic E-state index is -0.0406. The number of benzene rings is 2. The fourth-order valence-corrected chi connectivity index (χ4v) is 2.47. The molecule has 2 N–H and O–H groups in total. The van der Waals surface area contributed by atoms with E-state index in [4.69, 9.17) is 0 Å². The lowest BCUT2D eigenvalue weighted by atomic mass is 10.0. The van der Waals surface area contributed by atoms with Crippen LogP contribution in [0.5, 0.6) is 0 Å². The summed E-state index contributed by atoms with van der Waals surface area (Å²) in [6.45, 7) is 0.627. The molecule has 3 nitrogen and oxygen atoms in total. The van der Waals surface area contributed by atoms with Gasteiger partial charge in [-0.25, -0.2) is 0 Å². The number of hydrogen-bond donors (Lipinski definition) is 2. The standard InChI is InChI=1S/C19H18N2O/c22-19(21-14-12-15-7-2-1-3-8-15)17-10-5-4-9-16(17)18-11-6-13-20-18/h1-11,13,20H,12,14H2,(H,21,22). The van der Waals surface area contributed by atoms with Crippen molar-refractivity contribution >= 4 is 5.91 Å². The van der Waals surface area contributed by atoms with Crippen LogP contribution in [-0.2, 0) is 6.42 Å². The first-order chi connectivity index (χ1) is 10.8. The Labute approximate surface area is 130 Å².